The van der Waals surface area contributed by atoms with E-state index in [2.05, 4.69) is 18.0 Å². The molecule has 0 saturated heterocycles. The standard InChI is InChI=1S/C10H12N2/c1-3-8-4-5-9(7-11)10(6-8)12-2/h3-6,9-10,12H,1H2,2H3/t9-,10?/m0/s1. The van der Waals surface area contributed by atoms with Crippen molar-refractivity contribution in [1.29, 1.82) is 5.26 Å². The van der Waals surface area contributed by atoms with Gasteiger partial charge in [-0.3, -0.25) is 0 Å². The van der Waals surface area contributed by atoms with Crippen LogP contribution in [0.5, 0.6) is 0 Å². The zero-order valence-electron chi connectivity index (χ0n) is 7.12. The molecule has 12 heavy (non-hydrogen) atoms. The highest BCUT2D eigenvalue weighted by molar-refractivity contribution is 5.36. The van der Waals surface area contributed by atoms with E-state index in [1.165, 1.54) is 0 Å². The molecular weight excluding hydrogens is 148 g/mol. The molecule has 2 heteroatoms. The van der Waals surface area contributed by atoms with Gasteiger partial charge in [0.2, 0.25) is 0 Å². The monoisotopic (exact) mass is 160 g/mol. The summed E-state index contributed by atoms with van der Waals surface area (Å²) in [5.41, 5.74) is 1.07. The van der Waals surface area contributed by atoms with Crippen LogP contribution in [0.2, 0.25) is 0 Å². The van der Waals surface area contributed by atoms with Gasteiger partial charge < -0.3 is 5.32 Å². The normalized spacial score (nSPS) is 27.5. The first-order valence-corrected chi connectivity index (χ1v) is 3.91. The Hall–Kier alpha value is -1.33. The minimum atomic E-state index is -0.0568. The lowest BCUT2D eigenvalue weighted by Gasteiger charge is -2.19. The van der Waals surface area contributed by atoms with Gasteiger partial charge in [-0.2, -0.15) is 5.26 Å². The Labute approximate surface area is 72.9 Å². The molecule has 2 nitrogen and oxygen atoms in total. The molecule has 0 aromatic rings. The fraction of sp³-hybridized carbons (Fsp3) is 0.300. The Balaban J connectivity index is 2.82. The molecule has 0 aromatic carbocycles. The van der Waals surface area contributed by atoms with Crippen LogP contribution in [-0.2, 0) is 0 Å². The van der Waals surface area contributed by atoms with Crippen LogP contribution < -0.4 is 5.32 Å². The van der Waals surface area contributed by atoms with Gasteiger partial charge in [0.15, 0.2) is 0 Å². The predicted octanol–water partition coefficient (Wildman–Crippen LogP) is 1.40. The van der Waals surface area contributed by atoms with Crippen LogP contribution in [0.25, 0.3) is 0 Å². The average Bonchev–Trinajstić information content (AvgIpc) is 2.16. The lowest BCUT2D eigenvalue weighted by Crippen LogP contribution is -2.31. The van der Waals surface area contributed by atoms with E-state index < -0.39 is 0 Å². The van der Waals surface area contributed by atoms with E-state index in [-0.39, 0.29) is 12.0 Å². The van der Waals surface area contributed by atoms with Crippen LogP contribution >= 0.6 is 0 Å². The van der Waals surface area contributed by atoms with Crippen LogP contribution in [0.1, 0.15) is 0 Å². The van der Waals surface area contributed by atoms with Crippen LogP contribution in [0, 0.1) is 17.2 Å². The Bertz CT molecular complexity index is 268. The van der Waals surface area contributed by atoms with Gasteiger partial charge >= 0.3 is 0 Å². The van der Waals surface area contributed by atoms with Crippen molar-refractivity contribution in [2.45, 2.75) is 6.04 Å². The maximum Gasteiger partial charge on any atom is 0.0835 e. The number of nitrogens with zero attached hydrogens (tertiary/aromatic N) is 1. The molecular formula is C10H12N2. The van der Waals surface area contributed by atoms with Crippen molar-refractivity contribution in [3.63, 3.8) is 0 Å². The first-order valence-electron chi connectivity index (χ1n) is 3.91. The third-order valence-corrected chi connectivity index (χ3v) is 1.97. The fourth-order valence-corrected chi connectivity index (χ4v) is 1.22. The van der Waals surface area contributed by atoms with E-state index in [9.17, 15) is 0 Å². The van der Waals surface area contributed by atoms with Gasteiger partial charge in [0, 0.05) is 6.04 Å². The second kappa shape index (κ2) is 3.89. The predicted molar refractivity (Wildman–Crippen MR) is 49.4 cm³/mol. The van der Waals surface area contributed by atoms with Gasteiger partial charge in [-0.15, -0.1) is 0 Å². The molecule has 0 spiro atoms. The fourth-order valence-electron chi connectivity index (χ4n) is 1.22. The SMILES string of the molecule is C=CC1=CC(NC)[C@H](C#N)C=C1. The van der Waals surface area contributed by atoms with Gasteiger partial charge in [-0.05, 0) is 12.6 Å². The summed E-state index contributed by atoms with van der Waals surface area (Å²) >= 11 is 0. The van der Waals surface area contributed by atoms with Gasteiger partial charge in [0.1, 0.15) is 0 Å². The summed E-state index contributed by atoms with van der Waals surface area (Å²) in [4.78, 5) is 0. The summed E-state index contributed by atoms with van der Waals surface area (Å²) in [6.07, 6.45) is 7.63. The average molecular weight is 160 g/mol. The summed E-state index contributed by atoms with van der Waals surface area (Å²) in [6, 6.07) is 2.34. The highest BCUT2D eigenvalue weighted by atomic mass is 14.9. The number of likely N-dealkylation sites (N-methyl/N-ethyl adjacent to an activating group) is 1. The van der Waals surface area contributed by atoms with Crippen molar-refractivity contribution in [3.05, 3.63) is 36.5 Å². The Kier molecular flexibility index (Phi) is 2.84. The van der Waals surface area contributed by atoms with Crippen LogP contribution in [-0.4, -0.2) is 13.1 Å². The minimum absolute atomic E-state index is 0.0568. The van der Waals surface area contributed by atoms with Gasteiger partial charge in [0.25, 0.3) is 0 Å². The summed E-state index contributed by atoms with van der Waals surface area (Å²) in [5.74, 6) is -0.0568. The van der Waals surface area contributed by atoms with Crippen LogP contribution in [0.3, 0.4) is 0 Å². The third-order valence-electron chi connectivity index (χ3n) is 1.97. The summed E-state index contributed by atoms with van der Waals surface area (Å²) < 4.78 is 0. The van der Waals surface area contributed by atoms with Gasteiger partial charge in [-0.25, -0.2) is 0 Å². The lowest BCUT2D eigenvalue weighted by atomic mass is 9.93. The quantitative estimate of drug-likeness (QED) is 0.662. The molecule has 1 unspecified atom stereocenters. The first kappa shape index (κ1) is 8.76. The molecule has 0 saturated carbocycles. The molecule has 1 aliphatic rings. The van der Waals surface area contributed by atoms with Crippen molar-refractivity contribution >= 4 is 0 Å². The van der Waals surface area contributed by atoms with Crippen molar-refractivity contribution in [1.82, 2.24) is 5.32 Å². The number of nitrogens with one attached hydrogen (secondary N) is 1. The number of nitriles is 1. The molecule has 1 rings (SSSR count). The molecule has 0 radical (unpaired) electrons. The lowest BCUT2D eigenvalue weighted by molar-refractivity contribution is 0.586. The summed E-state index contributed by atoms with van der Waals surface area (Å²) in [6.45, 7) is 3.67. The topological polar surface area (TPSA) is 35.8 Å². The van der Waals surface area contributed by atoms with Crippen molar-refractivity contribution in [2.75, 3.05) is 7.05 Å². The van der Waals surface area contributed by atoms with Crippen LogP contribution in [0.15, 0.2) is 36.5 Å². The number of hydrogen-bond donors (Lipinski definition) is 1. The third kappa shape index (κ3) is 1.63. The smallest absolute Gasteiger partial charge is 0.0835 e. The molecule has 0 aromatic heterocycles. The molecule has 0 bridgehead atoms. The highest BCUT2D eigenvalue weighted by Gasteiger charge is 2.17. The molecule has 2 atom stereocenters. The summed E-state index contributed by atoms with van der Waals surface area (Å²) in [5, 5.41) is 11.8. The maximum atomic E-state index is 8.76. The van der Waals surface area contributed by atoms with E-state index in [0.29, 0.717) is 0 Å². The first-order chi connectivity index (χ1) is 5.81. The Morgan fingerprint density at radius 1 is 1.75 bits per heavy atom. The molecule has 0 aliphatic heterocycles. The van der Waals surface area contributed by atoms with Crippen molar-refractivity contribution in [3.8, 4) is 6.07 Å². The molecule has 1 aliphatic carbocycles. The van der Waals surface area contributed by atoms with E-state index >= 15 is 0 Å². The minimum Gasteiger partial charge on any atom is -0.312 e. The zero-order chi connectivity index (χ0) is 8.97. The molecule has 0 fully saturated rings. The number of hydrogen-bond acceptors (Lipinski definition) is 2. The summed E-state index contributed by atoms with van der Waals surface area (Å²) in [7, 11) is 1.85. The van der Waals surface area contributed by atoms with Gasteiger partial charge in [-0.1, -0.05) is 30.9 Å². The number of rotatable bonds is 2. The largest absolute Gasteiger partial charge is 0.312 e. The molecule has 0 amide bonds. The van der Waals surface area contributed by atoms with E-state index in [4.69, 9.17) is 5.26 Å². The highest BCUT2D eigenvalue weighted by Crippen LogP contribution is 2.16. The van der Waals surface area contributed by atoms with Gasteiger partial charge in [0.05, 0.1) is 12.0 Å². The molecule has 62 valence electrons. The van der Waals surface area contributed by atoms with Crippen molar-refractivity contribution in [2.24, 2.45) is 5.92 Å². The Morgan fingerprint density at radius 3 is 3.00 bits per heavy atom. The Morgan fingerprint density at radius 2 is 2.50 bits per heavy atom. The maximum absolute atomic E-state index is 8.76. The van der Waals surface area contributed by atoms with E-state index in [1.807, 2.05) is 25.3 Å². The van der Waals surface area contributed by atoms with E-state index in [1.54, 1.807) is 6.08 Å². The van der Waals surface area contributed by atoms with Crippen LogP contribution in [0.4, 0.5) is 0 Å². The second-order valence-electron chi connectivity index (χ2n) is 2.70. The van der Waals surface area contributed by atoms with E-state index in [0.717, 1.165) is 5.57 Å². The second-order valence-corrected chi connectivity index (χ2v) is 2.70. The number of allylic oxidation sites excluding steroid dienone is 3. The molecule has 1 N–H and O–H groups in total. The van der Waals surface area contributed by atoms with Crippen molar-refractivity contribution < 1.29 is 0 Å². The molecule has 0 heterocycles. The zero-order valence-corrected chi connectivity index (χ0v) is 7.12.